The standard InChI is InChI=1S/C26H38O11/c1-13(7-8-27)5-4-6-14(2)24(33)35-17-9-15(3)19-20(17)16(10-28)12-34-25(19)37-26-23(32)22(31)21(30)18(11-29)36-26/h6-7,10,12,15,17-23,25-27,29-32H,4-5,8-9,11H2,1-3H3/b13-7+,14-6+/t15-,17-,18-,19-,20+,21-,22+,23-,25+,26+/m1/s1. The molecule has 2 aliphatic heterocycles. The zero-order chi connectivity index (χ0) is 27.3. The molecule has 2 fully saturated rings. The van der Waals surface area contributed by atoms with Crippen LogP contribution in [0.25, 0.3) is 0 Å². The van der Waals surface area contributed by atoms with Crippen LogP contribution in [-0.2, 0) is 28.5 Å². The number of hydrogen-bond acceptors (Lipinski definition) is 11. The third-order valence-corrected chi connectivity index (χ3v) is 7.38. The van der Waals surface area contributed by atoms with Crippen molar-refractivity contribution in [2.24, 2.45) is 17.8 Å². The third kappa shape index (κ3) is 6.66. The molecule has 0 amide bonds. The number of aldehydes is 1. The fourth-order valence-corrected chi connectivity index (χ4v) is 5.21. The first-order valence-corrected chi connectivity index (χ1v) is 12.5. The Hall–Kier alpha value is -2.12. The van der Waals surface area contributed by atoms with Crippen molar-refractivity contribution >= 4 is 12.3 Å². The lowest BCUT2D eigenvalue weighted by atomic mass is 9.83. The predicted octanol–water partition coefficient (Wildman–Crippen LogP) is 0.0911. The van der Waals surface area contributed by atoms with Crippen molar-refractivity contribution in [2.75, 3.05) is 13.2 Å². The first-order valence-electron chi connectivity index (χ1n) is 12.5. The Labute approximate surface area is 216 Å². The molecule has 0 spiro atoms. The minimum atomic E-state index is -1.61. The van der Waals surface area contributed by atoms with E-state index in [9.17, 15) is 30.0 Å². The van der Waals surface area contributed by atoms with E-state index >= 15 is 0 Å². The van der Waals surface area contributed by atoms with Crippen molar-refractivity contribution in [3.63, 3.8) is 0 Å². The van der Waals surface area contributed by atoms with E-state index in [4.69, 9.17) is 24.1 Å². The van der Waals surface area contributed by atoms with Crippen LogP contribution in [0.5, 0.6) is 0 Å². The lowest BCUT2D eigenvalue weighted by Gasteiger charge is -2.43. The van der Waals surface area contributed by atoms with Crippen molar-refractivity contribution in [2.45, 2.75) is 83.1 Å². The number of esters is 1. The van der Waals surface area contributed by atoms with Crippen LogP contribution in [0.3, 0.4) is 0 Å². The third-order valence-electron chi connectivity index (χ3n) is 7.38. The summed E-state index contributed by atoms with van der Waals surface area (Å²) in [4.78, 5) is 24.6. The van der Waals surface area contributed by atoms with Crippen molar-refractivity contribution in [1.29, 1.82) is 0 Å². The number of carbonyl (C=O) groups is 2. The SMILES string of the molecule is C/C(=C\CO)CC/C=C(\C)C(=O)O[C@@H]1C[C@@H](C)[C@H]2[C@H](O[C@@H]3O[C@H](CO)[C@@H](O)[C@H](O)[C@H]3O)OC=C(C=O)[C@H]21. The van der Waals surface area contributed by atoms with Crippen LogP contribution in [0.15, 0.2) is 35.1 Å². The molecule has 11 nitrogen and oxygen atoms in total. The maximum absolute atomic E-state index is 12.8. The van der Waals surface area contributed by atoms with Gasteiger partial charge in [-0.2, -0.15) is 0 Å². The summed E-state index contributed by atoms with van der Waals surface area (Å²) >= 11 is 0. The average Bonchev–Trinajstić information content (AvgIpc) is 3.20. The zero-order valence-electron chi connectivity index (χ0n) is 21.3. The fraction of sp³-hybridized carbons (Fsp3) is 0.692. The summed E-state index contributed by atoms with van der Waals surface area (Å²) in [5.41, 5.74) is 1.76. The van der Waals surface area contributed by atoms with Gasteiger partial charge in [-0.15, -0.1) is 0 Å². The number of rotatable bonds is 10. The summed E-state index contributed by atoms with van der Waals surface area (Å²) in [6.45, 7) is 4.84. The Kier molecular flexibility index (Phi) is 10.4. The van der Waals surface area contributed by atoms with Gasteiger partial charge >= 0.3 is 5.97 Å². The van der Waals surface area contributed by atoms with Crippen LogP contribution in [0, 0.1) is 17.8 Å². The van der Waals surface area contributed by atoms with Gasteiger partial charge in [-0.3, -0.25) is 4.79 Å². The minimum absolute atomic E-state index is 0.0314. The highest BCUT2D eigenvalue weighted by Gasteiger charge is 2.54. The molecular weight excluding hydrogens is 488 g/mol. The molecular formula is C26H38O11. The van der Waals surface area contributed by atoms with Gasteiger partial charge in [0.25, 0.3) is 0 Å². The van der Waals surface area contributed by atoms with Crippen molar-refractivity contribution in [3.05, 3.63) is 35.1 Å². The van der Waals surface area contributed by atoms with Crippen molar-refractivity contribution in [3.8, 4) is 0 Å². The van der Waals surface area contributed by atoms with Crippen molar-refractivity contribution < 1.29 is 54.1 Å². The van der Waals surface area contributed by atoms with Gasteiger partial charge in [0.05, 0.1) is 19.5 Å². The molecule has 11 heteroatoms. The lowest BCUT2D eigenvalue weighted by Crippen LogP contribution is -2.60. The van der Waals surface area contributed by atoms with Gasteiger partial charge in [-0.05, 0) is 39.0 Å². The molecule has 1 saturated carbocycles. The Morgan fingerprint density at radius 1 is 1.11 bits per heavy atom. The molecule has 3 rings (SSSR count). The minimum Gasteiger partial charge on any atom is -0.472 e. The van der Waals surface area contributed by atoms with E-state index in [1.807, 2.05) is 13.8 Å². The number of aliphatic hydroxyl groups excluding tert-OH is 5. The van der Waals surface area contributed by atoms with Gasteiger partial charge in [-0.1, -0.05) is 24.6 Å². The normalized spacial score (nSPS) is 38.4. The van der Waals surface area contributed by atoms with E-state index in [-0.39, 0.29) is 12.5 Å². The molecule has 3 aliphatic rings. The maximum atomic E-state index is 12.8. The van der Waals surface area contributed by atoms with E-state index in [2.05, 4.69) is 0 Å². The molecule has 208 valence electrons. The summed E-state index contributed by atoms with van der Waals surface area (Å²) in [5.74, 6) is -1.57. The van der Waals surface area contributed by atoms with Crippen LogP contribution < -0.4 is 0 Å². The zero-order valence-corrected chi connectivity index (χ0v) is 21.3. The van der Waals surface area contributed by atoms with Crippen LogP contribution in [0.2, 0.25) is 0 Å². The van der Waals surface area contributed by atoms with Gasteiger partial charge in [0.2, 0.25) is 6.29 Å². The highest BCUT2D eigenvalue weighted by Crippen LogP contribution is 2.48. The van der Waals surface area contributed by atoms with Crippen molar-refractivity contribution in [1.82, 2.24) is 0 Å². The summed E-state index contributed by atoms with van der Waals surface area (Å²) < 4.78 is 22.8. The number of fused-ring (bicyclic) bond motifs is 1. The summed E-state index contributed by atoms with van der Waals surface area (Å²) in [7, 11) is 0. The average molecular weight is 527 g/mol. The maximum Gasteiger partial charge on any atom is 0.333 e. The summed E-state index contributed by atoms with van der Waals surface area (Å²) in [6.07, 6.45) is -1.79. The number of aliphatic hydroxyl groups is 5. The number of hydrogen-bond donors (Lipinski definition) is 5. The molecule has 5 N–H and O–H groups in total. The molecule has 0 unspecified atom stereocenters. The number of allylic oxidation sites excluding steroid dienone is 2. The molecule has 0 aromatic rings. The van der Waals surface area contributed by atoms with Gasteiger partial charge in [0.1, 0.15) is 36.8 Å². The van der Waals surface area contributed by atoms with Crippen LogP contribution in [0.4, 0.5) is 0 Å². The topological polar surface area (TPSA) is 172 Å². The second kappa shape index (κ2) is 13.1. The van der Waals surface area contributed by atoms with E-state index in [0.29, 0.717) is 36.7 Å². The number of carbonyl (C=O) groups excluding carboxylic acids is 2. The van der Waals surface area contributed by atoms with E-state index in [1.54, 1.807) is 19.1 Å². The molecule has 37 heavy (non-hydrogen) atoms. The highest BCUT2D eigenvalue weighted by molar-refractivity contribution is 5.88. The Morgan fingerprint density at radius 2 is 1.84 bits per heavy atom. The van der Waals surface area contributed by atoms with E-state index in [1.165, 1.54) is 6.26 Å². The molecule has 2 heterocycles. The first kappa shape index (κ1) is 29.4. The largest absolute Gasteiger partial charge is 0.472 e. The fourth-order valence-electron chi connectivity index (χ4n) is 5.21. The second-order valence-electron chi connectivity index (χ2n) is 9.99. The van der Waals surface area contributed by atoms with E-state index in [0.717, 1.165) is 5.57 Å². The van der Waals surface area contributed by atoms with Gasteiger partial charge in [0, 0.05) is 23.0 Å². The molecule has 1 aliphatic carbocycles. The monoisotopic (exact) mass is 526 g/mol. The summed E-state index contributed by atoms with van der Waals surface area (Å²) in [5, 5.41) is 48.9. The first-order chi connectivity index (χ1) is 17.6. The van der Waals surface area contributed by atoms with Crippen LogP contribution in [-0.4, -0.2) is 94.1 Å². The molecule has 10 atom stereocenters. The Balaban J connectivity index is 1.71. The van der Waals surface area contributed by atoms with Gasteiger partial charge < -0.3 is 44.5 Å². The van der Waals surface area contributed by atoms with Crippen LogP contribution >= 0.6 is 0 Å². The lowest BCUT2D eigenvalue weighted by molar-refractivity contribution is -0.342. The summed E-state index contributed by atoms with van der Waals surface area (Å²) in [6, 6.07) is 0. The quantitative estimate of drug-likeness (QED) is 0.113. The van der Waals surface area contributed by atoms with Gasteiger partial charge in [0.15, 0.2) is 6.29 Å². The molecule has 0 aromatic carbocycles. The predicted molar refractivity (Wildman–Crippen MR) is 128 cm³/mol. The number of ether oxygens (including phenoxy) is 4. The smallest absolute Gasteiger partial charge is 0.333 e. The molecule has 0 aromatic heterocycles. The van der Waals surface area contributed by atoms with E-state index < -0.39 is 67.5 Å². The van der Waals surface area contributed by atoms with Crippen LogP contribution in [0.1, 0.15) is 40.0 Å². The van der Waals surface area contributed by atoms with Gasteiger partial charge in [-0.25, -0.2) is 4.79 Å². The highest BCUT2D eigenvalue weighted by atomic mass is 16.8. The molecule has 0 radical (unpaired) electrons. The molecule has 1 saturated heterocycles. The Morgan fingerprint density at radius 3 is 2.49 bits per heavy atom. The Bertz CT molecular complexity index is 895. The molecule has 0 bridgehead atoms. The second-order valence-corrected chi connectivity index (χ2v) is 9.99.